The Morgan fingerprint density at radius 2 is 2.27 bits per heavy atom. The third-order valence-corrected chi connectivity index (χ3v) is 2.83. The summed E-state index contributed by atoms with van der Waals surface area (Å²) in [4.78, 5) is 13.3. The van der Waals surface area contributed by atoms with Crippen molar-refractivity contribution >= 4 is 5.97 Å². The number of carbonyl (C=O) groups is 1. The van der Waals surface area contributed by atoms with Gasteiger partial charge >= 0.3 is 5.97 Å². The first-order valence-electron chi connectivity index (χ1n) is 5.64. The van der Waals surface area contributed by atoms with Crippen LogP contribution in [0, 0.1) is 0 Å². The van der Waals surface area contributed by atoms with E-state index in [9.17, 15) is 4.79 Å². The van der Waals surface area contributed by atoms with Crippen LogP contribution in [-0.4, -0.2) is 50.2 Å². The molecule has 1 atom stereocenters. The second kappa shape index (κ2) is 6.08. The van der Waals surface area contributed by atoms with Crippen molar-refractivity contribution < 1.29 is 9.53 Å². The van der Waals surface area contributed by atoms with Gasteiger partial charge in [-0.3, -0.25) is 4.79 Å². The highest BCUT2D eigenvalue weighted by atomic mass is 16.5. The molecule has 1 N–H and O–H groups in total. The maximum Gasteiger partial charge on any atom is 0.307 e. The lowest BCUT2D eigenvalue weighted by Crippen LogP contribution is -2.36. The van der Waals surface area contributed by atoms with Gasteiger partial charge in [0.05, 0.1) is 13.5 Å². The van der Waals surface area contributed by atoms with E-state index < -0.39 is 0 Å². The second-order valence-corrected chi connectivity index (χ2v) is 4.35. The van der Waals surface area contributed by atoms with Crippen LogP contribution in [0.5, 0.6) is 0 Å². The second-order valence-electron chi connectivity index (χ2n) is 4.35. The average Bonchev–Trinajstić information content (AvgIpc) is 3.00. The molecule has 1 rings (SSSR count). The maximum absolute atomic E-state index is 11.0. The minimum absolute atomic E-state index is 0.148. The van der Waals surface area contributed by atoms with Crippen LogP contribution in [0.4, 0.5) is 0 Å². The zero-order valence-corrected chi connectivity index (χ0v) is 9.95. The van der Waals surface area contributed by atoms with Gasteiger partial charge in [0.15, 0.2) is 0 Å². The van der Waals surface area contributed by atoms with E-state index >= 15 is 0 Å². The molecule has 1 unspecified atom stereocenters. The molecule has 0 amide bonds. The highest BCUT2D eigenvalue weighted by Gasteiger charge is 2.25. The van der Waals surface area contributed by atoms with Crippen LogP contribution in [0.15, 0.2) is 0 Å². The Hall–Kier alpha value is -0.610. The monoisotopic (exact) mass is 214 g/mol. The van der Waals surface area contributed by atoms with Crippen LogP contribution in [0.3, 0.4) is 0 Å². The Labute approximate surface area is 92.0 Å². The minimum atomic E-state index is -0.148. The van der Waals surface area contributed by atoms with Gasteiger partial charge in [-0.25, -0.2) is 0 Å². The van der Waals surface area contributed by atoms with E-state index in [2.05, 4.69) is 22.0 Å². The summed E-state index contributed by atoms with van der Waals surface area (Å²) in [6.07, 6.45) is 3.13. The van der Waals surface area contributed by atoms with Gasteiger partial charge in [0.1, 0.15) is 0 Å². The third-order valence-electron chi connectivity index (χ3n) is 2.83. The van der Waals surface area contributed by atoms with Crippen LogP contribution < -0.4 is 5.32 Å². The van der Waals surface area contributed by atoms with Gasteiger partial charge in [0.25, 0.3) is 0 Å². The van der Waals surface area contributed by atoms with Crippen LogP contribution in [-0.2, 0) is 9.53 Å². The van der Waals surface area contributed by atoms with E-state index in [0.717, 1.165) is 19.1 Å². The van der Waals surface area contributed by atoms with E-state index in [1.807, 2.05) is 6.92 Å². The zero-order chi connectivity index (χ0) is 11.3. The first-order valence-corrected chi connectivity index (χ1v) is 5.64. The van der Waals surface area contributed by atoms with Gasteiger partial charge in [-0.05, 0) is 26.8 Å². The fraction of sp³-hybridized carbons (Fsp3) is 0.909. The molecular weight excluding hydrogens is 192 g/mol. The summed E-state index contributed by atoms with van der Waals surface area (Å²) in [6.45, 7) is 4.00. The first kappa shape index (κ1) is 12.5. The Morgan fingerprint density at radius 3 is 2.80 bits per heavy atom. The number of hydrogen-bond acceptors (Lipinski definition) is 4. The molecule has 0 aromatic carbocycles. The lowest BCUT2D eigenvalue weighted by atomic mass is 10.2. The molecule has 4 heteroatoms. The topological polar surface area (TPSA) is 41.6 Å². The van der Waals surface area contributed by atoms with Crippen molar-refractivity contribution in [3.05, 3.63) is 0 Å². The molecule has 88 valence electrons. The molecule has 1 aliphatic rings. The quantitative estimate of drug-likeness (QED) is 0.631. The molecule has 0 aliphatic heterocycles. The summed E-state index contributed by atoms with van der Waals surface area (Å²) in [7, 11) is 3.58. The summed E-state index contributed by atoms with van der Waals surface area (Å²) in [6, 6.07) is 1.01. The summed E-state index contributed by atoms with van der Waals surface area (Å²) < 4.78 is 4.61. The number of carbonyl (C=O) groups excluding carboxylic acids is 1. The highest BCUT2D eigenvalue weighted by molar-refractivity contribution is 5.69. The fourth-order valence-electron chi connectivity index (χ4n) is 1.59. The molecular formula is C11H22N2O2. The first-order chi connectivity index (χ1) is 7.13. The van der Waals surface area contributed by atoms with E-state index in [0.29, 0.717) is 6.42 Å². The molecule has 1 fully saturated rings. The van der Waals surface area contributed by atoms with E-state index in [1.54, 1.807) is 0 Å². The summed E-state index contributed by atoms with van der Waals surface area (Å²) in [5, 5.41) is 3.32. The van der Waals surface area contributed by atoms with Gasteiger partial charge in [-0.2, -0.15) is 0 Å². The number of likely N-dealkylation sites (N-methyl/N-ethyl adjacent to an activating group) is 1. The van der Waals surface area contributed by atoms with Crippen molar-refractivity contribution in [3.63, 3.8) is 0 Å². The van der Waals surface area contributed by atoms with Gasteiger partial charge < -0.3 is 15.0 Å². The number of nitrogens with one attached hydrogen (secondary N) is 1. The number of ether oxygens (including phenoxy) is 1. The fourth-order valence-corrected chi connectivity index (χ4v) is 1.59. The van der Waals surface area contributed by atoms with Crippen LogP contribution >= 0.6 is 0 Å². The Kier molecular flexibility index (Phi) is 5.05. The normalized spacial score (nSPS) is 17.9. The Bertz CT molecular complexity index is 205. The van der Waals surface area contributed by atoms with Crippen molar-refractivity contribution in [2.45, 2.75) is 38.3 Å². The van der Waals surface area contributed by atoms with E-state index in [1.165, 1.54) is 20.0 Å². The molecule has 0 saturated heterocycles. The molecule has 4 nitrogen and oxygen atoms in total. The van der Waals surface area contributed by atoms with E-state index in [-0.39, 0.29) is 12.0 Å². The average molecular weight is 214 g/mol. The lowest BCUT2D eigenvalue weighted by molar-refractivity contribution is -0.141. The smallest absolute Gasteiger partial charge is 0.307 e. The molecule has 0 aromatic heterocycles. The largest absolute Gasteiger partial charge is 0.469 e. The molecule has 15 heavy (non-hydrogen) atoms. The predicted octanol–water partition coefficient (Wildman–Crippen LogP) is 0.622. The van der Waals surface area contributed by atoms with Crippen LogP contribution in [0.25, 0.3) is 0 Å². The number of methoxy groups -OCH3 is 1. The molecule has 0 aromatic rings. The third kappa shape index (κ3) is 5.14. The van der Waals surface area contributed by atoms with E-state index in [4.69, 9.17) is 0 Å². The minimum Gasteiger partial charge on any atom is -0.469 e. The molecule has 0 bridgehead atoms. The lowest BCUT2D eigenvalue weighted by Gasteiger charge is -2.18. The number of hydrogen-bond donors (Lipinski definition) is 1. The van der Waals surface area contributed by atoms with Crippen LogP contribution in [0.2, 0.25) is 0 Å². The summed E-state index contributed by atoms with van der Waals surface area (Å²) >= 11 is 0. The Balaban J connectivity index is 2.00. The van der Waals surface area contributed by atoms with Gasteiger partial charge in [0, 0.05) is 25.2 Å². The number of rotatable bonds is 7. The highest BCUT2D eigenvalue weighted by Crippen LogP contribution is 2.24. The molecule has 0 radical (unpaired) electrons. The van der Waals surface area contributed by atoms with Crippen LogP contribution in [0.1, 0.15) is 26.2 Å². The Morgan fingerprint density at radius 1 is 1.60 bits per heavy atom. The molecule has 0 spiro atoms. The molecule has 1 saturated carbocycles. The molecule has 0 heterocycles. The maximum atomic E-state index is 11.0. The van der Waals surface area contributed by atoms with Crippen molar-refractivity contribution in [2.75, 3.05) is 27.2 Å². The van der Waals surface area contributed by atoms with Gasteiger partial charge in [0.2, 0.25) is 0 Å². The van der Waals surface area contributed by atoms with Crippen molar-refractivity contribution in [3.8, 4) is 0 Å². The number of esters is 1. The molecule has 1 aliphatic carbocycles. The summed E-state index contributed by atoms with van der Waals surface area (Å²) in [5.41, 5.74) is 0. The van der Waals surface area contributed by atoms with Crippen molar-refractivity contribution in [1.82, 2.24) is 10.2 Å². The van der Waals surface area contributed by atoms with Crippen molar-refractivity contribution in [2.24, 2.45) is 0 Å². The number of nitrogens with zero attached hydrogens (tertiary/aromatic N) is 1. The SMILES string of the molecule is COC(=O)CC(C)NCCN(C)C1CC1. The standard InChI is InChI=1S/C11H22N2O2/c1-9(8-11(14)15-3)12-6-7-13(2)10-4-5-10/h9-10,12H,4-8H2,1-3H3. The van der Waals surface area contributed by atoms with Crippen molar-refractivity contribution in [1.29, 1.82) is 0 Å². The van der Waals surface area contributed by atoms with Gasteiger partial charge in [-0.15, -0.1) is 0 Å². The summed E-state index contributed by atoms with van der Waals surface area (Å²) in [5.74, 6) is -0.148. The van der Waals surface area contributed by atoms with Gasteiger partial charge in [-0.1, -0.05) is 0 Å². The predicted molar refractivity (Wildman–Crippen MR) is 59.7 cm³/mol. The zero-order valence-electron chi connectivity index (χ0n) is 9.95.